The lowest BCUT2D eigenvalue weighted by molar-refractivity contribution is 0.0758. The Morgan fingerprint density at radius 3 is 3.25 bits per heavy atom. The van der Waals surface area contributed by atoms with E-state index in [0.717, 1.165) is 0 Å². The zero-order valence-electron chi connectivity index (χ0n) is 9.02. The molecule has 0 fully saturated rings. The predicted molar refractivity (Wildman–Crippen MR) is 61.0 cm³/mol. The monoisotopic (exact) mass is 240 g/mol. The van der Waals surface area contributed by atoms with Crippen molar-refractivity contribution in [1.82, 2.24) is 9.88 Å². The fraction of sp³-hybridized carbons (Fsp3) is 0.455. The van der Waals surface area contributed by atoms with Crippen LogP contribution in [0.2, 0.25) is 0 Å². The highest BCUT2D eigenvalue weighted by Crippen LogP contribution is 2.22. The molecule has 0 spiro atoms. The van der Waals surface area contributed by atoms with Crippen molar-refractivity contribution in [3.63, 3.8) is 0 Å². The molecule has 86 valence electrons. The summed E-state index contributed by atoms with van der Waals surface area (Å²) in [4.78, 5) is 17.7. The zero-order chi connectivity index (χ0) is 11.5. The number of carbonyl (C=O) groups excluding carboxylic acids is 1. The van der Waals surface area contributed by atoms with Gasteiger partial charge in [0.2, 0.25) is 5.88 Å². The maximum Gasteiger partial charge on any atom is 0.259 e. The van der Waals surface area contributed by atoms with E-state index < -0.39 is 0 Å². The van der Waals surface area contributed by atoms with E-state index in [2.05, 4.69) is 4.98 Å². The van der Waals surface area contributed by atoms with Crippen LogP contribution in [0.1, 0.15) is 16.8 Å². The Morgan fingerprint density at radius 1 is 1.69 bits per heavy atom. The lowest BCUT2D eigenvalue weighted by atomic mass is 10.2. The summed E-state index contributed by atoms with van der Waals surface area (Å²) < 4.78 is 5.68. The highest BCUT2D eigenvalue weighted by molar-refractivity contribution is 6.17. The highest BCUT2D eigenvalue weighted by atomic mass is 35.5. The number of nitrogens with zero attached hydrogens (tertiary/aromatic N) is 2. The Balaban J connectivity index is 2.32. The Kier molecular flexibility index (Phi) is 3.29. The molecule has 0 saturated carbocycles. The summed E-state index contributed by atoms with van der Waals surface area (Å²) in [6.07, 6.45) is 2.24. The molecule has 0 unspecified atom stereocenters. The summed E-state index contributed by atoms with van der Waals surface area (Å²) >= 11 is 5.70. The molecule has 1 amide bonds. The fourth-order valence-electron chi connectivity index (χ4n) is 1.71. The summed E-state index contributed by atoms with van der Waals surface area (Å²) in [5.41, 5.74) is 0.516. The number of likely N-dealkylation sites (N-methyl/N-ethyl adjacent to an activating group) is 1. The molecule has 1 aliphatic heterocycles. The summed E-state index contributed by atoms with van der Waals surface area (Å²) in [6, 6.07) is 3.46. The van der Waals surface area contributed by atoms with Crippen molar-refractivity contribution in [1.29, 1.82) is 0 Å². The van der Waals surface area contributed by atoms with Gasteiger partial charge in [0.25, 0.3) is 5.91 Å². The molecule has 0 aromatic carbocycles. The number of halogens is 1. The average Bonchev–Trinajstić information content (AvgIpc) is 2.39. The fourth-order valence-corrected chi connectivity index (χ4v) is 1.95. The van der Waals surface area contributed by atoms with Crippen molar-refractivity contribution in [3.8, 4) is 5.88 Å². The molecule has 0 N–H and O–H groups in total. The van der Waals surface area contributed by atoms with Gasteiger partial charge in [-0.15, -0.1) is 11.6 Å². The van der Waals surface area contributed by atoms with Crippen LogP contribution in [0.5, 0.6) is 5.88 Å². The molecule has 1 aromatic rings. The molecule has 1 aromatic heterocycles. The van der Waals surface area contributed by atoms with E-state index in [1.165, 1.54) is 0 Å². The van der Waals surface area contributed by atoms with Crippen LogP contribution in [0.15, 0.2) is 18.3 Å². The van der Waals surface area contributed by atoms with Gasteiger partial charge in [-0.25, -0.2) is 4.98 Å². The van der Waals surface area contributed by atoms with Crippen LogP contribution in [0.3, 0.4) is 0 Å². The maximum atomic E-state index is 12.0. The highest BCUT2D eigenvalue weighted by Gasteiger charge is 2.26. The number of fused-ring (bicyclic) bond motifs is 1. The number of hydrogen-bond acceptors (Lipinski definition) is 3. The van der Waals surface area contributed by atoms with Gasteiger partial charge in [0.1, 0.15) is 11.7 Å². The third kappa shape index (κ3) is 2.11. The molecule has 0 radical (unpaired) electrons. The standard InChI is InChI=1S/C11H13ClN2O2/c1-14-7-8(4-5-12)16-10-9(11(14)15)3-2-6-13-10/h2-3,6,8H,4-5,7H2,1H3/t8-/m1/s1. The van der Waals surface area contributed by atoms with Crippen LogP contribution < -0.4 is 4.74 Å². The second kappa shape index (κ2) is 4.70. The molecule has 2 heterocycles. The Labute approximate surface area is 99.2 Å². The third-order valence-electron chi connectivity index (χ3n) is 2.54. The van der Waals surface area contributed by atoms with Crippen molar-refractivity contribution in [2.24, 2.45) is 0 Å². The molecule has 0 bridgehead atoms. The lowest BCUT2D eigenvalue weighted by Crippen LogP contribution is -2.34. The summed E-state index contributed by atoms with van der Waals surface area (Å²) in [6.45, 7) is 0.544. The van der Waals surface area contributed by atoms with Crippen LogP contribution in [-0.2, 0) is 0 Å². The molecule has 2 rings (SSSR count). The number of amides is 1. The van der Waals surface area contributed by atoms with E-state index in [1.807, 2.05) is 0 Å². The quantitative estimate of drug-likeness (QED) is 0.737. The predicted octanol–water partition coefficient (Wildman–Crippen LogP) is 1.54. The van der Waals surface area contributed by atoms with E-state index >= 15 is 0 Å². The van der Waals surface area contributed by atoms with Gasteiger partial charge in [-0.1, -0.05) is 0 Å². The lowest BCUT2D eigenvalue weighted by Gasteiger charge is -2.19. The first-order valence-corrected chi connectivity index (χ1v) is 5.69. The first-order valence-electron chi connectivity index (χ1n) is 5.15. The topological polar surface area (TPSA) is 42.4 Å². The molecular weight excluding hydrogens is 228 g/mol. The van der Waals surface area contributed by atoms with Crippen molar-refractivity contribution in [2.75, 3.05) is 19.5 Å². The number of aromatic nitrogens is 1. The summed E-state index contributed by atoms with van der Waals surface area (Å²) in [7, 11) is 1.76. The second-order valence-corrected chi connectivity index (χ2v) is 4.14. The molecular formula is C11H13ClN2O2. The summed E-state index contributed by atoms with van der Waals surface area (Å²) in [5, 5.41) is 0. The number of hydrogen-bond donors (Lipinski definition) is 0. The molecule has 1 aliphatic rings. The molecule has 0 aliphatic carbocycles. The Morgan fingerprint density at radius 2 is 2.50 bits per heavy atom. The van der Waals surface area contributed by atoms with Crippen LogP contribution in [0, 0.1) is 0 Å². The van der Waals surface area contributed by atoms with Crippen molar-refractivity contribution in [2.45, 2.75) is 12.5 Å². The van der Waals surface area contributed by atoms with E-state index in [9.17, 15) is 4.79 Å². The molecule has 4 nitrogen and oxygen atoms in total. The van der Waals surface area contributed by atoms with Gasteiger partial charge in [-0.3, -0.25) is 4.79 Å². The van der Waals surface area contributed by atoms with E-state index in [1.54, 1.807) is 30.3 Å². The Hall–Kier alpha value is -1.29. The van der Waals surface area contributed by atoms with Gasteiger partial charge in [0, 0.05) is 19.1 Å². The van der Waals surface area contributed by atoms with E-state index in [4.69, 9.17) is 16.3 Å². The first kappa shape index (κ1) is 11.2. The first-order chi connectivity index (χ1) is 7.72. The smallest absolute Gasteiger partial charge is 0.259 e. The Bertz CT molecular complexity index is 397. The number of carbonyl (C=O) groups is 1. The molecule has 1 atom stereocenters. The second-order valence-electron chi connectivity index (χ2n) is 3.76. The zero-order valence-corrected chi connectivity index (χ0v) is 9.78. The van der Waals surface area contributed by atoms with Crippen LogP contribution in [0.25, 0.3) is 0 Å². The van der Waals surface area contributed by atoms with E-state index in [0.29, 0.717) is 30.3 Å². The minimum atomic E-state index is -0.0809. The van der Waals surface area contributed by atoms with Crippen LogP contribution in [-0.4, -0.2) is 41.4 Å². The largest absolute Gasteiger partial charge is 0.472 e. The normalized spacial score (nSPS) is 20.0. The number of rotatable bonds is 2. The van der Waals surface area contributed by atoms with E-state index in [-0.39, 0.29) is 12.0 Å². The minimum absolute atomic E-state index is 0.0554. The number of ether oxygens (including phenoxy) is 1. The minimum Gasteiger partial charge on any atom is -0.472 e. The van der Waals surface area contributed by atoms with Gasteiger partial charge < -0.3 is 9.64 Å². The van der Waals surface area contributed by atoms with Crippen LogP contribution >= 0.6 is 11.6 Å². The maximum absolute atomic E-state index is 12.0. The molecule has 5 heteroatoms. The van der Waals surface area contributed by atoms with Crippen molar-refractivity contribution < 1.29 is 9.53 Å². The number of alkyl halides is 1. The van der Waals surface area contributed by atoms with Crippen LogP contribution in [0.4, 0.5) is 0 Å². The third-order valence-corrected chi connectivity index (χ3v) is 2.75. The SMILES string of the molecule is CN1C[C@@H](CCCl)Oc2ncccc2C1=O. The summed E-state index contributed by atoms with van der Waals surface area (Å²) in [5.74, 6) is 0.863. The molecule has 0 saturated heterocycles. The van der Waals surface area contributed by atoms with Crippen molar-refractivity contribution in [3.05, 3.63) is 23.9 Å². The molecule has 16 heavy (non-hydrogen) atoms. The van der Waals surface area contributed by atoms with Gasteiger partial charge >= 0.3 is 0 Å². The van der Waals surface area contributed by atoms with Gasteiger partial charge in [0.15, 0.2) is 0 Å². The van der Waals surface area contributed by atoms with Gasteiger partial charge in [-0.05, 0) is 18.6 Å². The number of pyridine rings is 1. The van der Waals surface area contributed by atoms with Crippen molar-refractivity contribution >= 4 is 17.5 Å². The van der Waals surface area contributed by atoms with Gasteiger partial charge in [0.05, 0.1) is 6.54 Å². The van der Waals surface area contributed by atoms with Gasteiger partial charge in [-0.2, -0.15) is 0 Å². The average molecular weight is 241 g/mol.